The highest BCUT2D eigenvalue weighted by atomic mass is 16.4. The highest BCUT2D eigenvalue weighted by Crippen LogP contribution is 2.23. The lowest BCUT2D eigenvalue weighted by atomic mass is 10.1. The van der Waals surface area contributed by atoms with E-state index in [1.54, 1.807) is 0 Å². The first-order valence-electron chi connectivity index (χ1n) is 5.95. The number of carboxylic acid groups (broad SMARTS) is 1. The molecule has 4 N–H and O–H groups in total. The predicted molar refractivity (Wildman–Crippen MR) is 74.7 cm³/mol. The van der Waals surface area contributed by atoms with E-state index in [1.165, 1.54) is 12.3 Å². The summed E-state index contributed by atoms with van der Waals surface area (Å²) in [4.78, 5) is 15.2. The van der Waals surface area contributed by atoms with E-state index in [2.05, 4.69) is 10.3 Å². The molecule has 1 heterocycles. The molecule has 0 radical (unpaired) electrons. The van der Waals surface area contributed by atoms with Crippen molar-refractivity contribution in [2.45, 2.75) is 13.3 Å². The Morgan fingerprint density at radius 2 is 2.16 bits per heavy atom. The summed E-state index contributed by atoms with van der Waals surface area (Å²) >= 11 is 0. The molecule has 1 aromatic heterocycles. The number of carbonyl (C=O) groups is 1. The Bertz CT molecular complexity index is 611. The number of anilines is 3. The van der Waals surface area contributed by atoms with E-state index in [1.807, 2.05) is 31.2 Å². The molecule has 0 unspecified atom stereocenters. The van der Waals surface area contributed by atoms with Crippen LogP contribution in [0.4, 0.5) is 17.2 Å². The third kappa shape index (κ3) is 2.82. The summed E-state index contributed by atoms with van der Waals surface area (Å²) in [6.07, 6.45) is 2.28. The first kappa shape index (κ1) is 12.9. The molecule has 1 aromatic carbocycles. The van der Waals surface area contributed by atoms with Gasteiger partial charge in [-0.1, -0.05) is 25.1 Å². The van der Waals surface area contributed by atoms with Gasteiger partial charge in [0.05, 0.1) is 11.9 Å². The van der Waals surface area contributed by atoms with Gasteiger partial charge in [-0.3, -0.25) is 0 Å². The van der Waals surface area contributed by atoms with Gasteiger partial charge in [0.15, 0.2) is 0 Å². The Balaban J connectivity index is 2.41. The molecule has 0 amide bonds. The molecule has 0 spiro atoms. The summed E-state index contributed by atoms with van der Waals surface area (Å²) in [6.45, 7) is 2.04. The van der Waals surface area contributed by atoms with E-state index in [0.29, 0.717) is 11.5 Å². The van der Waals surface area contributed by atoms with Crippen LogP contribution in [0.1, 0.15) is 22.8 Å². The highest BCUT2D eigenvalue weighted by Gasteiger charge is 2.13. The second-order valence-corrected chi connectivity index (χ2v) is 4.11. The lowest BCUT2D eigenvalue weighted by molar-refractivity contribution is 0.0697. The summed E-state index contributed by atoms with van der Waals surface area (Å²) < 4.78 is 0. The Morgan fingerprint density at radius 3 is 2.84 bits per heavy atom. The summed E-state index contributed by atoms with van der Waals surface area (Å²) in [6, 6.07) is 9.10. The summed E-state index contributed by atoms with van der Waals surface area (Å²) in [5, 5.41) is 12.2. The zero-order chi connectivity index (χ0) is 13.8. The zero-order valence-corrected chi connectivity index (χ0v) is 10.6. The number of nitrogens with zero attached hydrogens (tertiary/aromatic N) is 1. The van der Waals surface area contributed by atoms with Gasteiger partial charge in [-0.25, -0.2) is 9.78 Å². The normalized spacial score (nSPS) is 10.2. The smallest absolute Gasteiger partial charge is 0.339 e. The van der Waals surface area contributed by atoms with Crippen LogP contribution in [0.15, 0.2) is 36.5 Å². The number of benzene rings is 1. The predicted octanol–water partition coefficient (Wildman–Crippen LogP) is 2.67. The van der Waals surface area contributed by atoms with Crippen molar-refractivity contribution in [2.24, 2.45) is 0 Å². The summed E-state index contributed by atoms with van der Waals surface area (Å²) in [5.41, 5.74) is 7.89. The van der Waals surface area contributed by atoms with Crippen molar-refractivity contribution in [3.05, 3.63) is 47.7 Å². The van der Waals surface area contributed by atoms with Crippen molar-refractivity contribution in [3.8, 4) is 0 Å². The molecular weight excluding hydrogens is 242 g/mol. The minimum Gasteiger partial charge on any atom is -0.478 e. The van der Waals surface area contributed by atoms with Crippen molar-refractivity contribution in [3.63, 3.8) is 0 Å². The van der Waals surface area contributed by atoms with E-state index in [0.717, 1.165) is 17.7 Å². The van der Waals surface area contributed by atoms with E-state index in [-0.39, 0.29) is 5.56 Å². The van der Waals surface area contributed by atoms with Crippen LogP contribution in [-0.2, 0) is 6.42 Å². The molecule has 0 bridgehead atoms. The fourth-order valence-corrected chi connectivity index (χ4v) is 1.82. The van der Waals surface area contributed by atoms with Crippen LogP contribution in [-0.4, -0.2) is 16.1 Å². The number of hydrogen-bond acceptors (Lipinski definition) is 4. The maximum Gasteiger partial charge on any atom is 0.339 e. The maximum absolute atomic E-state index is 11.2. The number of para-hydroxylation sites is 1. The Kier molecular flexibility index (Phi) is 3.66. The van der Waals surface area contributed by atoms with E-state index >= 15 is 0 Å². The average molecular weight is 257 g/mol. The van der Waals surface area contributed by atoms with Crippen molar-refractivity contribution >= 4 is 23.2 Å². The molecule has 0 saturated carbocycles. The van der Waals surface area contributed by atoms with Crippen LogP contribution in [0.5, 0.6) is 0 Å². The number of nitrogens with two attached hydrogens (primary N) is 1. The molecule has 2 rings (SSSR count). The molecule has 5 heteroatoms. The Hall–Kier alpha value is -2.56. The van der Waals surface area contributed by atoms with Crippen LogP contribution in [0.3, 0.4) is 0 Å². The molecule has 0 saturated heterocycles. The largest absolute Gasteiger partial charge is 0.478 e. The van der Waals surface area contributed by atoms with E-state index in [4.69, 9.17) is 10.8 Å². The number of nitrogens with one attached hydrogen (secondary N) is 1. The second kappa shape index (κ2) is 5.39. The van der Waals surface area contributed by atoms with Crippen molar-refractivity contribution in [2.75, 3.05) is 11.1 Å². The van der Waals surface area contributed by atoms with Crippen molar-refractivity contribution in [1.82, 2.24) is 4.98 Å². The highest BCUT2D eigenvalue weighted by molar-refractivity contribution is 5.95. The van der Waals surface area contributed by atoms with Gasteiger partial charge >= 0.3 is 5.97 Å². The molecule has 0 aliphatic heterocycles. The van der Waals surface area contributed by atoms with Crippen LogP contribution < -0.4 is 11.1 Å². The number of aromatic carboxylic acids is 1. The van der Waals surface area contributed by atoms with Crippen LogP contribution in [0, 0.1) is 0 Å². The summed E-state index contributed by atoms with van der Waals surface area (Å²) in [7, 11) is 0. The second-order valence-electron chi connectivity index (χ2n) is 4.11. The molecular formula is C14H15N3O2. The maximum atomic E-state index is 11.2. The number of aryl methyl sites for hydroxylation is 1. The van der Waals surface area contributed by atoms with E-state index < -0.39 is 5.97 Å². The minimum atomic E-state index is -1.06. The number of aromatic nitrogens is 1. The van der Waals surface area contributed by atoms with Crippen LogP contribution >= 0.6 is 0 Å². The quantitative estimate of drug-likeness (QED) is 0.783. The molecule has 5 nitrogen and oxygen atoms in total. The van der Waals surface area contributed by atoms with E-state index in [9.17, 15) is 4.79 Å². The minimum absolute atomic E-state index is 0.0610. The molecule has 2 aromatic rings. The lowest BCUT2D eigenvalue weighted by Gasteiger charge is -2.12. The molecule has 0 aliphatic rings. The van der Waals surface area contributed by atoms with Crippen molar-refractivity contribution < 1.29 is 9.90 Å². The summed E-state index contributed by atoms with van der Waals surface area (Å²) in [5.74, 6) is -0.765. The van der Waals surface area contributed by atoms with Gasteiger partial charge in [-0.2, -0.15) is 0 Å². The van der Waals surface area contributed by atoms with Gasteiger partial charge in [-0.05, 0) is 24.1 Å². The first-order valence-corrected chi connectivity index (χ1v) is 5.95. The fourth-order valence-electron chi connectivity index (χ4n) is 1.82. The molecule has 0 aliphatic carbocycles. The van der Waals surface area contributed by atoms with Crippen LogP contribution in [0.2, 0.25) is 0 Å². The lowest BCUT2D eigenvalue weighted by Crippen LogP contribution is -2.07. The van der Waals surface area contributed by atoms with Gasteiger partial charge < -0.3 is 16.2 Å². The standard InChI is InChI=1S/C14H15N3O2/c1-2-9-5-3-4-6-12(9)17-13-11(14(18)19)7-10(15)8-16-13/h3-8H,2,15H2,1H3,(H,16,17)(H,18,19). The zero-order valence-electron chi connectivity index (χ0n) is 10.6. The average Bonchev–Trinajstić information content (AvgIpc) is 2.41. The fraction of sp³-hybridized carbons (Fsp3) is 0.143. The molecule has 0 atom stereocenters. The number of hydrogen-bond donors (Lipinski definition) is 3. The van der Waals surface area contributed by atoms with Crippen molar-refractivity contribution in [1.29, 1.82) is 0 Å². The van der Waals surface area contributed by atoms with Gasteiger partial charge in [0, 0.05) is 5.69 Å². The topological polar surface area (TPSA) is 88.2 Å². The third-order valence-corrected chi connectivity index (χ3v) is 2.79. The number of carboxylic acids is 1. The van der Waals surface area contributed by atoms with Crippen LogP contribution in [0.25, 0.3) is 0 Å². The number of nitrogen functional groups attached to an aromatic ring is 1. The Morgan fingerprint density at radius 1 is 1.42 bits per heavy atom. The molecule has 19 heavy (non-hydrogen) atoms. The number of pyridine rings is 1. The SMILES string of the molecule is CCc1ccccc1Nc1ncc(N)cc1C(=O)O. The first-order chi connectivity index (χ1) is 9.11. The van der Waals surface area contributed by atoms with Gasteiger partial charge in [0.25, 0.3) is 0 Å². The number of rotatable bonds is 4. The monoisotopic (exact) mass is 257 g/mol. The molecule has 0 fully saturated rings. The van der Waals surface area contributed by atoms with Gasteiger partial charge in [-0.15, -0.1) is 0 Å². The molecule has 98 valence electrons. The Labute approximate surface area is 111 Å². The van der Waals surface area contributed by atoms with Gasteiger partial charge in [0.2, 0.25) is 0 Å². The third-order valence-electron chi connectivity index (χ3n) is 2.79. The van der Waals surface area contributed by atoms with Gasteiger partial charge in [0.1, 0.15) is 11.4 Å².